The highest BCUT2D eigenvalue weighted by atomic mass is 19.3. The van der Waals surface area contributed by atoms with Crippen LogP contribution in [0.1, 0.15) is 48.0 Å². The van der Waals surface area contributed by atoms with Crippen LogP contribution in [0.2, 0.25) is 0 Å². The van der Waals surface area contributed by atoms with Crippen molar-refractivity contribution in [3.05, 3.63) is 64.9 Å². The number of furan rings is 1. The summed E-state index contributed by atoms with van der Waals surface area (Å²) in [6, 6.07) is 11.5. The van der Waals surface area contributed by atoms with E-state index >= 15 is 0 Å². The number of aryl methyl sites for hydroxylation is 2. The highest BCUT2D eigenvalue weighted by Crippen LogP contribution is 2.34. The van der Waals surface area contributed by atoms with Crippen molar-refractivity contribution in [2.45, 2.75) is 58.8 Å². The minimum absolute atomic E-state index is 0.154. The van der Waals surface area contributed by atoms with Gasteiger partial charge in [0.15, 0.2) is 0 Å². The summed E-state index contributed by atoms with van der Waals surface area (Å²) in [5.41, 5.74) is 1.58. The van der Waals surface area contributed by atoms with E-state index in [2.05, 4.69) is 5.32 Å². The molecule has 4 rings (SSSR count). The number of likely N-dealkylation sites (tertiary alicyclic amines) is 1. The van der Waals surface area contributed by atoms with Crippen molar-refractivity contribution in [2.75, 3.05) is 13.1 Å². The molecule has 7 nitrogen and oxygen atoms in total. The van der Waals surface area contributed by atoms with Crippen LogP contribution in [0, 0.1) is 13.8 Å². The molecule has 2 amide bonds. The van der Waals surface area contributed by atoms with Gasteiger partial charge in [0.2, 0.25) is 0 Å². The van der Waals surface area contributed by atoms with Crippen molar-refractivity contribution in [2.24, 2.45) is 0 Å². The van der Waals surface area contributed by atoms with Crippen LogP contribution in [-0.4, -0.2) is 47.6 Å². The molecule has 9 heteroatoms. The number of nitrogens with one attached hydrogen (secondary N) is 1. The molecule has 0 bridgehead atoms. The van der Waals surface area contributed by atoms with E-state index in [1.807, 2.05) is 37.3 Å². The smallest absolute Gasteiger partial charge is 0.410 e. The van der Waals surface area contributed by atoms with Crippen molar-refractivity contribution in [1.82, 2.24) is 10.2 Å². The fourth-order valence-corrected chi connectivity index (χ4v) is 4.15. The van der Waals surface area contributed by atoms with Crippen LogP contribution in [0.5, 0.6) is 5.75 Å². The first-order valence-electron chi connectivity index (χ1n) is 11.7. The summed E-state index contributed by atoms with van der Waals surface area (Å²) >= 11 is 0. The third-order valence-electron chi connectivity index (χ3n) is 5.90. The fraction of sp³-hybridized carbons (Fsp3) is 0.407. The van der Waals surface area contributed by atoms with Crippen molar-refractivity contribution in [3.8, 4) is 5.75 Å². The molecule has 1 unspecified atom stereocenters. The molecule has 2 aromatic carbocycles. The van der Waals surface area contributed by atoms with Gasteiger partial charge in [0, 0.05) is 5.39 Å². The first-order chi connectivity index (χ1) is 16.8. The van der Waals surface area contributed by atoms with Gasteiger partial charge in [0.25, 0.3) is 11.8 Å². The van der Waals surface area contributed by atoms with Crippen LogP contribution in [0.15, 0.2) is 46.9 Å². The van der Waals surface area contributed by atoms with E-state index in [0.29, 0.717) is 29.1 Å². The lowest BCUT2D eigenvalue weighted by atomic mass is 10.1. The van der Waals surface area contributed by atoms with Gasteiger partial charge >= 0.3 is 6.09 Å². The third-order valence-corrected chi connectivity index (χ3v) is 5.90. The lowest BCUT2D eigenvalue weighted by Gasteiger charge is -2.24. The maximum Gasteiger partial charge on any atom is 0.410 e. The summed E-state index contributed by atoms with van der Waals surface area (Å²) in [6.45, 7) is 7.57. The largest absolute Gasteiger partial charge is 0.489 e. The molecular formula is C27H30F2N2O5. The highest BCUT2D eigenvalue weighted by molar-refractivity contribution is 6.08. The standard InChI is InChI=1S/C27H30F2N2O5/c1-16-11-21-19(12-20(16)34-14-18-9-7-6-8-10-18)23(17(2)35-21)24(32)30-22-13-31(15-27(22,28)29)25(33)36-26(3,4)5/h6-12,22H,13-15H2,1-5H3,(H,30,32). The number of ether oxygens (including phenoxy) is 2. The number of alkyl halides is 2. The molecule has 0 saturated carbocycles. The molecule has 1 aliphatic rings. The maximum atomic E-state index is 14.7. The Balaban J connectivity index is 1.54. The van der Waals surface area contributed by atoms with Crippen molar-refractivity contribution < 1.29 is 32.3 Å². The second kappa shape index (κ2) is 9.44. The second-order valence-corrected chi connectivity index (χ2v) is 10.1. The number of hydrogen-bond acceptors (Lipinski definition) is 5. The number of nitrogens with zero attached hydrogens (tertiary/aromatic N) is 1. The summed E-state index contributed by atoms with van der Waals surface area (Å²) < 4.78 is 46.4. The molecule has 1 atom stereocenters. The van der Waals surface area contributed by atoms with Gasteiger partial charge in [-0.2, -0.15) is 0 Å². The van der Waals surface area contributed by atoms with Crippen molar-refractivity contribution in [3.63, 3.8) is 0 Å². The maximum absolute atomic E-state index is 14.7. The number of halogens is 2. The predicted molar refractivity (Wildman–Crippen MR) is 130 cm³/mol. The number of rotatable bonds is 5. The van der Waals surface area contributed by atoms with Crippen LogP contribution in [0.25, 0.3) is 11.0 Å². The average Bonchev–Trinajstić information content (AvgIpc) is 3.26. The normalized spacial score (nSPS) is 17.3. The molecule has 36 heavy (non-hydrogen) atoms. The monoisotopic (exact) mass is 500 g/mol. The SMILES string of the molecule is Cc1cc2oc(C)c(C(=O)NC3CN(C(=O)OC(C)(C)C)CC3(F)F)c2cc1OCc1ccccc1. The fourth-order valence-electron chi connectivity index (χ4n) is 4.15. The zero-order valence-corrected chi connectivity index (χ0v) is 21.0. The van der Waals surface area contributed by atoms with Gasteiger partial charge in [0.1, 0.15) is 35.3 Å². The molecule has 2 heterocycles. The first-order valence-corrected chi connectivity index (χ1v) is 11.7. The Bertz CT molecular complexity index is 1280. The Hall–Kier alpha value is -3.62. The predicted octanol–water partition coefficient (Wildman–Crippen LogP) is 5.61. The zero-order valence-electron chi connectivity index (χ0n) is 21.0. The molecule has 1 aromatic heterocycles. The second-order valence-electron chi connectivity index (χ2n) is 10.1. The first kappa shape index (κ1) is 25.5. The van der Waals surface area contributed by atoms with Crippen LogP contribution in [-0.2, 0) is 11.3 Å². The molecule has 192 valence electrons. The Morgan fingerprint density at radius 2 is 1.86 bits per heavy atom. The van der Waals surface area contributed by atoms with Crippen LogP contribution in [0.4, 0.5) is 13.6 Å². The Morgan fingerprint density at radius 1 is 1.17 bits per heavy atom. The lowest BCUT2D eigenvalue weighted by molar-refractivity contribution is -0.0153. The van der Waals surface area contributed by atoms with Crippen LogP contribution in [0.3, 0.4) is 0 Å². The van der Waals surface area contributed by atoms with E-state index in [9.17, 15) is 18.4 Å². The zero-order chi connectivity index (χ0) is 26.3. The van der Waals surface area contributed by atoms with Gasteiger partial charge in [0.05, 0.1) is 18.7 Å². The number of benzene rings is 2. The number of carbonyl (C=O) groups is 2. The molecule has 1 fully saturated rings. The Kier molecular flexibility index (Phi) is 6.68. The molecule has 1 aliphatic heterocycles. The highest BCUT2D eigenvalue weighted by Gasteiger charge is 2.51. The molecule has 3 aromatic rings. The topological polar surface area (TPSA) is 81.0 Å². The summed E-state index contributed by atoms with van der Waals surface area (Å²) in [6.07, 6.45) is -0.848. The van der Waals surface area contributed by atoms with Crippen molar-refractivity contribution in [1.29, 1.82) is 0 Å². The van der Waals surface area contributed by atoms with Gasteiger partial charge in [-0.25, -0.2) is 13.6 Å². The van der Waals surface area contributed by atoms with Crippen LogP contribution < -0.4 is 10.1 Å². The number of carbonyl (C=O) groups excluding carboxylic acids is 2. The van der Waals surface area contributed by atoms with E-state index in [-0.39, 0.29) is 12.1 Å². The molecule has 0 radical (unpaired) electrons. The van der Waals surface area contributed by atoms with E-state index in [1.54, 1.807) is 39.8 Å². The van der Waals surface area contributed by atoms with Crippen molar-refractivity contribution >= 4 is 23.0 Å². The summed E-state index contributed by atoms with van der Waals surface area (Å²) in [5, 5.41) is 2.87. The van der Waals surface area contributed by atoms with E-state index in [1.165, 1.54) is 0 Å². The van der Waals surface area contributed by atoms with Gasteiger partial charge < -0.3 is 19.2 Å². The van der Waals surface area contributed by atoms with Gasteiger partial charge in [-0.05, 0) is 57.9 Å². The number of amides is 2. The minimum Gasteiger partial charge on any atom is -0.489 e. The summed E-state index contributed by atoms with van der Waals surface area (Å²) in [7, 11) is 0. The van der Waals surface area contributed by atoms with E-state index in [4.69, 9.17) is 13.9 Å². The van der Waals surface area contributed by atoms with Crippen LogP contribution >= 0.6 is 0 Å². The lowest BCUT2D eigenvalue weighted by Crippen LogP contribution is -2.46. The quantitative estimate of drug-likeness (QED) is 0.492. The van der Waals surface area contributed by atoms with Gasteiger partial charge in [-0.1, -0.05) is 30.3 Å². The molecule has 1 N–H and O–H groups in total. The summed E-state index contributed by atoms with van der Waals surface area (Å²) in [5.74, 6) is -3.17. The van der Waals surface area contributed by atoms with E-state index in [0.717, 1.165) is 16.0 Å². The van der Waals surface area contributed by atoms with Gasteiger partial charge in [-0.3, -0.25) is 9.69 Å². The van der Waals surface area contributed by atoms with Gasteiger partial charge in [-0.15, -0.1) is 0 Å². The Morgan fingerprint density at radius 3 is 2.53 bits per heavy atom. The molecule has 1 saturated heterocycles. The number of hydrogen-bond donors (Lipinski definition) is 1. The molecular weight excluding hydrogens is 470 g/mol. The third kappa shape index (κ3) is 5.45. The Labute approximate surface area is 208 Å². The van der Waals surface area contributed by atoms with E-state index < -0.39 is 36.1 Å². The molecule has 0 spiro atoms. The minimum atomic E-state index is -3.32. The molecule has 0 aliphatic carbocycles. The average molecular weight is 501 g/mol. The summed E-state index contributed by atoms with van der Waals surface area (Å²) in [4.78, 5) is 26.4. The number of fused-ring (bicyclic) bond motifs is 1.